The molecule has 0 heterocycles. The zero-order valence-electron chi connectivity index (χ0n) is 11.0. The number of hydrogen-bond donors (Lipinski definition) is 1. The van der Waals surface area contributed by atoms with Crippen molar-refractivity contribution >= 4 is 16.0 Å². The summed E-state index contributed by atoms with van der Waals surface area (Å²) in [6.07, 6.45) is 0. The number of rotatable bonds is 6. The zero-order chi connectivity index (χ0) is 14.5. The Hall–Kier alpha value is -1.44. The molecule has 0 aliphatic carbocycles. The number of likely N-dealkylation sites (N-methyl/N-ethyl adjacent to an activating group) is 1. The lowest BCUT2D eigenvalue weighted by atomic mass is 10.1. The molecule has 0 saturated carbocycles. The maximum atomic E-state index is 11.9. The van der Waals surface area contributed by atoms with E-state index in [0.717, 1.165) is 0 Å². The van der Waals surface area contributed by atoms with E-state index in [1.54, 1.807) is 24.3 Å². The molecule has 0 unspecified atom stereocenters. The minimum absolute atomic E-state index is 0.120. The molecule has 0 bridgehead atoms. The molecule has 0 atom stereocenters. The van der Waals surface area contributed by atoms with E-state index >= 15 is 0 Å². The normalized spacial score (nSPS) is 11.6. The molecular formula is C12H18N2O4S. The standard InChI is InChI=1S/C12H18N2O4S/c1-14(8-7-13)19(16,17)9-10-3-5-11(6-4-10)12(15)18-2/h3-6H,7-9,13H2,1-2H3. The predicted molar refractivity (Wildman–Crippen MR) is 72.1 cm³/mol. The van der Waals surface area contributed by atoms with Gasteiger partial charge in [0.25, 0.3) is 0 Å². The lowest BCUT2D eigenvalue weighted by Crippen LogP contribution is -2.32. The van der Waals surface area contributed by atoms with Crippen LogP contribution in [0.15, 0.2) is 24.3 Å². The van der Waals surface area contributed by atoms with E-state index in [1.807, 2.05) is 0 Å². The lowest BCUT2D eigenvalue weighted by Gasteiger charge is -2.16. The van der Waals surface area contributed by atoms with Gasteiger partial charge >= 0.3 is 5.97 Å². The van der Waals surface area contributed by atoms with Crippen LogP contribution in [0.5, 0.6) is 0 Å². The first-order valence-corrected chi connectivity index (χ1v) is 7.33. The first-order valence-electron chi connectivity index (χ1n) is 5.72. The number of ether oxygens (including phenoxy) is 1. The van der Waals surface area contributed by atoms with Crippen molar-refractivity contribution in [1.29, 1.82) is 0 Å². The maximum absolute atomic E-state index is 11.9. The molecule has 1 aromatic rings. The molecular weight excluding hydrogens is 268 g/mol. The lowest BCUT2D eigenvalue weighted by molar-refractivity contribution is 0.0600. The monoisotopic (exact) mass is 286 g/mol. The molecule has 0 fully saturated rings. The third-order valence-electron chi connectivity index (χ3n) is 2.64. The summed E-state index contributed by atoms with van der Waals surface area (Å²) >= 11 is 0. The Bertz CT molecular complexity index is 525. The second-order valence-electron chi connectivity index (χ2n) is 4.05. The Morgan fingerprint density at radius 2 is 1.89 bits per heavy atom. The maximum Gasteiger partial charge on any atom is 0.337 e. The van der Waals surface area contributed by atoms with Gasteiger partial charge < -0.3 is 10.5 Å². The van der Waals surface area contributed by atoms with Crippen LogP contribution in [-0.4, -0.2) is 45.9 Å². The second-order valence-corrected chi connectivity index (χ2v) is 6.13. The first kappa shape index (κ1) is 15.6. The molecule has 1 rings (SSSR count). The van der Waals surface area contributed by atoms with Gasteiger partial charge in [0.2, 0.25) is 10.0 Å². The van der Waals surface area contributed by atoms with Gasteiger partial charge in [-0.15, -0.1) is 0 Å². The number of nitrogens with zero attached hydrogens (tertiary/aromatic N) is 1. The summed E-state index contributed by atoms with van der Waals surface area (Å²) in [5, 5.41) is 0. The average Bonchev–Trinajstić information content (AvgIpc) is 2.38. The van der Waals surface area contributed by atoms with E-state index in [1.165, 1.54) is 18.5 Å². The third-order valence-corrected chi connectivity index (χ3v) is 4.47. The fraction of sp³-hybridized carbons (Fsp3) is 0.417. The number of methoxy groups -OCH3 is 1. The van der Waals surface area contributed by atoms with E-state index in [0.29, 0.717) is 11.1 Å². The zero-order valence-corrected chi connectivity index (χ0v) is 11.8. The summed E-state index contributed by atoms with van der Waals surface area (Å²) in [6, 6.07) is 6.28. The summed E-state index contributed by atoms with van der Waals surface area (Å²) in [6.45, 7) is 0.555. The highest BCUT2D eigenvalue weighted by molar-refractivity contribution is 7.88. The Kier molecular flexibility index (Phi) is 5.46. The highest BCUT2D eigenvalue weighted by Crippen LogP contribution is 2.11. The van der Waals surface area contributed by atoms with Gasteiger partial charge in [0.15, 0.2) is 0 Å². The van der Waals surface area contributed by atoms with Crippen molar-refractivity contribution in [3.05, 3.63) is 35.4 Å². The molecule has 19 heavy (non-hydrogen) atoms. The highest BCUT2D eigenvalue weighted by atomic mass is 32.2. The van der Waals surface area contributed by atoms with Crippen LogP contribution in [0.4, 0.5) is 0 Å². The van der Waals surface area contributed by atoms with Crippen molar-refractivity contribution in [3.8, 4) is 0 Å². The minimum atomic E-state index is -3.38. The van der Waals surface area contributed by atoms with Crippen molar-refractivity contribution in [2.24, 2.45) is 5.73 Å². The Morgan fingerprint density at radius 3 is 2.37 bits per heavy atom. The number of carbonyl (C=O) groups is 1. The number of carbonyl (C=O) groups excluding carboxylic acids is 1. The third kappa shape index (κ3) is 4.30. The molecule has 0 amide bonds. The average molecular weight is 286 g/mol. The van der Waals surface area contributed by atoms with Gasteiger partial charge in [0.05, 0.1) is 18.4 Å². The van der Waals surface area contributed by atoms with Gasteiger partial charge in [-0.2, -0.15) is 0 Å². The summed E-state index contributed by atoms with van der Waals surface area (Å²) in [5.74, 6) is -0.569. The SMILES string of the molecule is COC(=O)c1ccc(CS(=O)(=O)N(C)CCN)cc1. The molecule has 0 aromatic heterocycles. The molecule has 6 nitrogen and oxygen atoms in total. The first-order chi connectivity index (χ1) is 8.90. The fourth-order valence-electron chi connectivity index (χ4n) is 1.50. The van der Waals surface area contributed by atoms with Gasteiger partial charge in [-0.1, -0.05) is 12.1 Å². The number of benzene rings is 1. The van der Waals surface area contributed by atoms with Crippen molar-refractivity contribution in [2.45, 2.75) is 5.75 Å². The Labute approximate surface area is 113 Å². The van der Waals surface area contributed by atoms with Gasteiger partial charge in [0, 0.05) is 20.1 Å². The van der Waals surface area contributed by atoms with Crippen LogP contribution in [0, 0.1) is 0 Å². The largest absolute Gasteiger partial charge is 0.465 e. The summed E-state index contributed by atoms with van der Waals surface area (Å²) < 4.78 is 29.7. The number of esters is 1. The second kappa shape index (κ2) is 6.65. The molecule has 0 radical (unpaired) electrons. The molecule has 0 aliphatic rings. The molecule has 0 saturated heterocycles. The minimum Gasteiger partial charge on any atom is -0.465 e. The van der Waals surface area contributed by atoms with E-state index in [-0.39, 0.29) is 18.8 Å². The van der Waals surface area contributed by atoms with E-state index < -0.39 is 16.0 Å². The van der Waals surface area contributed by atoms with Gasteiger partial charge in [0.1, 0.15) is 0 Å². The summed E-state index contributed by atoms with van der Waals surface area (Å²) in [7, 11) is -0.592. The van der Waals surface area contributed by atoms with Crippen LogP contribution < -0.4 is 5.73 Å². The van der Waals surface area contributed by atoms with Crippen LogP contribution in [0.25, 0.3) is 0 Å². The van der Waals surface area contributed by atoms with Crippen LogP contribution in [0.2, 0.25) is 0 Å². The highest BCUT2D eigenvalue weighted by Gasteiger charge is 2.17. The Balaban J connectivity index is 2.80. The summed E-state index contributed by atoms with van der Waals surface area (Å²) in [4.78, 5) is 11.2. The predicted octanol–water partition coefficient (Wildman–Crippen LogP) is 0.194. The van der Waals surface area contributed by atoms with Crippen LogP contribution in [0.3, 0.4) is 0 Å². The van der Waals surface area contributed by atoms with Crippen LogP contribution in [0.1, 0.15) is 15.9 Å². The molecule has 0 spiro atoms. The quantitative estimate of drug-likeness (QED) is 0.754. The smallest absolute Gasteiger partial charge is 0.337 e. The topological polar surface area (TPSA) is 89.7 Å². The number of sulfonamides is 1. The van der Waals surface area contributed by atoms with Crippen molar-refractivity contribution < 1.29 is 17.9 Å². The molecule has 2 N–H and O–H groups in total. The fourth-order valence-corrected chi connectivity index (χ4v) is 2.71. The molecule has 106 valence electrons. The molecule has 1 aromatic carbocycles. The van der Waals surface area contributed by atoms with Crippen molar-refractivity contribution in [1.82, 2.24) is 4.31 Å². The van der Waals surface area contributed by atoms with E-state index in [2.05, 4.69) is 4.74 Å². The summed E-state index contributed by atoms with van der Waals surface area (Å²) in [5.41, 5.74) is 6.33. The van der Waals surface area contributed by atoms with Crippen LogP contribution >= 0.6 is 0 Å². The Morgan fingerprint density at radius 1 is 1.32 bits per heavy atom. The van der Waals surface area contributed by atoms with Gasteiger partial charge in [-0.05, 0) is 17.7 Å². The molecule has 7 heteroatoms. The van der Waals surface area contributed by atoms with E-state index in [4.69, 9.17) is 5.73 Å². The van der Waals surface area contributed by atoms with E-state index in [9.17, 15) is 13.2 Å². The molecule has 0 aliphatic heterocycles. The van der Waals surface area contributed by atoms with Crippen LogP contribution in [-0.2, 0) is 20.5 Å². The van der Waals surface area contributed by atoms with Crippen molar-refractivity contribution in [3.63, 3.8) is 0 Å². The van der Waals surface area contributed by atoms with Crippen molar-refractivity contribution in [2.75, 3.05) is 27.2 Å². The number of hydrogen-bond acceptors (Lipinski definition) is 5. The van der Waals surface area contributed by atoms with Gasteiger partial charge in [-0.3, -0.25) is 0 Å². The van der Waals surface area contributed by atoms with Gasteiger partial charge in [-0.25, -0.2) is 17.5 Å². The number of nitrogens with two attached hydrogens (primary N) is 1.